The second kappa shape index (κ2) is 5.21. The van der Waals surface area contributed by atoms with E-state index in [1.54, 1.807) is 43.6 Å². The topological polar surface area (TPSA) is 74.8 Å². The van der Waals surface area contributed by atoms with Gasteiger partial charge in [-0.25, -0.2) is 13.1 Å². The number of H-pyrrole nitrogens is 1. The molecular formula is C11H12BrN3O2S. The predicted molar refractivity (Wildman–Crippen MR) is 71.5 cm³/mol. The average molecular weight is 330 g/mol. The van der Waals surface area contributed by atoms with Crippen molar-refractivity contribution in [2.45, 2.75) is 17.9 Å². The van der Waals surface area contributed by atoms with Crippen molar-refractivity contribution in [3.8, 4) is 0 Å². The van der Waals surface area contributed by atoms with Gasteiger partial charge in [0.15, 0.2) is 0 Å². The Labute approximate surface area is 114 Å². The van der Waals surface area contributed by atoms with Gasteiger partial charge in [0, 0.05) is 22.3 Å². The quantitative estimate of drug-likeness (QED) is 0.903. The Morgan fingerprint density at radius 3 is 2.83 bits per heavy atom. The Hall–Kier alpha value is -1.18. The van der Waals surface area contributed by atoms with E-state index in [9.17, 15) is 8.42 Å². The molecule has 0 bridgehead atoms. The van der Waals surface area contributed by atoms with Crippen LogP contribution in [0.25, 0.3) is 0 Å². The van der Waals surface area contributed by atoms with Crippen LogP contribution in [0, 0.1) is 0 Å². The standard InChI is InChI=1S/C11H12BrN3O2S/c1-8(9-6-13-14-7-9)15-18(16,17)11-4-2-3-10(12)5-11/h2-8,15H,1H3,(H,13,14). The molecule has 1 heterocycles. The molecule has 0 aliphatic heterocycles. The minimum atomic E-state index is -3.53. The SMILES string of the molecule is CC(NS(=O)(=O)c1cccc(Br)c1)c1cn[nH]c1. The first-order valence-electron chi connectivity index (χ1n) is 5.25. The fourth-order valence-corrected chi connectivity index (χ4v) is 3.33. The van der Waals surface area contributed by atoms with Crippen molar-refractivity contribution in [2.24, 2.45) is 0 Å². The van der Waals surface area contributed by atoms with Crippen LogP contribution in [0.15, 0.2) is 46.0 Å². The molecule has 0 aliphatic carbocycles. The number of rotatable bonds is 4. The molecule has 96 valence electrons. The number of aromatic amines is 1. The van der Waals surface area contributed by atoms with Gasteiger partial charge in [0.1, 0.15) is 0 Å². The average Bonchev–Trinajstić information content (AvgIpc) is 2.82. The van der Waals surface area contributed by atoms with Crippen molar-refractivity contribution in [3.63, 3.8) is 0 Å². The molecule has 0 saturated carbocycles. The number of nitrogens with zero attached hydrogens (tertiary/aromatic N) is 1. The van der Waals surface area contributed by atoms with Gasteiger partial charge in [0.25, 0.3) is 0 Å². The Bertz CT molecular complexity index is 625. The maximum Gasteiger partial charge on any atom is 0.241 e. The molecule has 0 aliphatic rings. The van der Waals surface area contributed by atoms with Gasteiger partial charge < -0.3 is 0 Å². The van der Waals surface area contributed by atoms with Gasteiger partial charge in [-0.2, -0.15) is 5.10 Å². The molecule has 18 heavy (non-hydrogen) atoms. The maximum atomic E-state index is 12.1. The molecule has 1 aromatic carbocycles. The third-order valence-electron chi connectivity index (χ3n) is 2.46. The number of benzene rings is 1. The summed E-state index contributed by atoms with van der Waals surface area (Å²) in [6.07, 6.45) is 3.25. The van der Waals surface area contributed by atoms with Gasteiger partial charge in [-0.15, -0.1) is 0 Å². The third-order valence-corrected chi connectivity index (χ3v) is 4.49. The first-order chi connectivity index (χ1) is 8.49. The van der Waals surface area contributed by atoms with E-state index < -0.39 is 10.0 Å². The molecule has 2 N–H and O–H groups in total. The van der Waals surface area contributed by atoms with Crippen LogP contribution in [0.5, 0.6) is 0 Å². The number of sulfonamides is 1. The van der Waals surface area contributed by atoms with Crippen LogP contribution in [0.1, 0.15) is 18.5 Å². The smallest absolute Gasteiger partial charge is 0.241 e. The molecule has 1 aromatic heterocycles. The van der Waals surface area contributed by atoms with E-state index in [1.165, 1.54) is 0 Å². The van der Waals surface area contributed by atoms with E-state index in [0.717, 1.165) is 10.0 Å². The molecule has 0 fully saturated rings. The Balaban J connectivity index is 2.22. The fourth-order valence-electron chi connectivity index (χ4n) is 1.50. The highest BCUT2D eigenvalue weighted by molar-refractivity contribution is 9.10. The number of hydrogen-bond acceptors (Lipinski definition) is 3. The zero-order valence-electron chi connectivity index (χ0n) is 9.59. The van der Waals surface area contributed by atoms with Gasteiger partial charge in [0.2, 0.25) is 10.0 Å². The molecule has 1 atom stereocenters. The molecule has 5 nitrogen and oxygen atoms in total. The van der Waals surface area contributed by atoms with E-state index in [-0.39, 0.29) is 10.9 Å². The summed E-state index contributed by atoms with van der Waals surface area (Å²) in [5.41, 5.74) is 0.786. The molecule has 0 amide bonds. The van der Waals surface area contributed by atoms with Gasteiger partial charge in [-0.3, -0.25) is 5.10 Å². The summed E-state index contributed by atoms with van der Waals surface area (Å²) in [4.78, 5) is 0.229. The number of aromatic nitrogens is 2. The number of halogens is 1. The summed E-state index contributed by atoms with van der Waals surface area (Å²) in [7, 11) is -3.53. The minimum absolute atomic E-state index is 0.229. The molecule has 0 radical (unpaired) electrons. The zero-order chi connectivity index (χ0) is 13.2. The van der Waals surface area contributed by atoms with Crippen LogP contribution in [0.2, 0.25) is 0 Å². The molecular weight excluding hydrogens is 318 g/mol. The summed E-state index contributed by atoms with van der Waals surface area (Å²) in [5, 5.41) is 6.45. The van der Waals surface area contributed by atoms with Crippen molar-refractivity contribution >= 4 is 26.0 Å². The van der Waals surface area contributed by atoms with E-state index in [4.69, 9.17) is 0 Å². The summed E-state index contributed by atoms with van der Waals surface area (Å²) < 4.78 is 27.6. The lowest BCUT2D eigenvalue weighted by Crippen LogP contribution is -2.26. The first kappa shape index (κ1) is 13.3. The van der Waals surface area contributed by atoms with Crippen molar-refractivity contribution in [1.29, 1.82) is 0 Å². The lowest BCUT2D eigenvalue weighted by Gasteiger charge is -2.12. The minimum Gasteiger partial charge on any atom is -0.285 e. The lowest BCUT2D eigenvalue weighted by molar-refractivity contribution is 0.567. The summed E-state index contributed by atoms with van der Waals surface area (Å²) in [6, 6.07) is 6.23. The highest BCUT2D eigenvalue weighted by Crippen LogP contribution is 2.19. The van der Waals surface area contributed by atoms with Crippen molar-refractivity contribution in [3.05, 3.63) is 46.7 Å². The molecule has 2 aromatic rings. The van der Waals surface area contributed by atoms with E-state index in [1.807, 2.05) is 0 Å². The number of nitrogens with one attached hydrogen (secondary N) is 2. The monoisotopic (exact) mass is 329 g/mol. The summed E-state index contributed by atoms with van der Waals surface area (Å²) in [6.45, 7) is 1.76. The van der Waals surface area contributed by atoms with Gasteiger partial charge >= 0.3 is 0 Å². The van der Waals surface area contributed by atoms with Crippen LogP contribution in [-0.2, 0) is 10.0 Å². The van der Waals surface area contributed by atoms with Crippen molar-refractivity contribution in [1.82, 2.24) is 14.9 Å². The zero-order valence-corrected chi connectivity index (χ0v) is 12.0. The van der Waals surface area contributed by atoms with Gasteiger partial charge in [0.05, 0.1) is 11.1 Å². The van der Waals surface area contributed by atoms with Gasteiger partial charge in [-0.1, -0.05) is 22.0 Å². The molecule has 1 unspecified atom stereocenters. The highest BCUT2D eigenvalue weighted by atomic mass is 79.9. The van der Waals surface area contributed by atoms with Crippen LogP contribution < -0.4 is 4.72 Å². The van der Waals surface area contributed by atoms with E-state index in [0.29, 0.717) is 0 Å². The van der Waals surface area contributed by atoms with Crippen LogP contribution >= 0.6 is 15.9 Å². The molecule has 2 rings (SSSR count). The first-order valence-corrected chi connectivity index (χ1v) is 7.53. The molecule has 7 heteroatoms. The molecule has 0 saturated heterocycles. The largest absolute Gasteiger partial charge is 0.285 e. The fraction of sp³-hybridized carbons (Fsp3) is 0.182. The Morgan fingerprint density at radius 1 is 1.44 bits per heavy atom. The highest BCUT2D eigenvalue weighted by Gasteiger charge is 2.18. The predicted octanol–water partition coefficient (Wildman–Crippen LogP) is 2.21. The molecule has 0 spiro atoms. The Morgan fingerprint density at radius 2 is 2.22 bits per heavy atom. The summed E-state index contributed by atoms with van der Waals surface area (Å²) >= 11 is 3.25. The maximum absolute atomic E-state index is 12.1. The number of hydrogen-bond donors (Lipinski definition) is 2. The second-order valence-corrected chi connectivity index (χ2v) is 6.46. The van der Waals surface area contributed by atoms with Crippen molar-refractivity contribution < 1.29 is 8.42 Å². The van der Waals surface area contributed by atoms with E-state index >= 15 is 0 Å². The Kier molecular flexibility index (Phi) is 3.84. The van der Waals surface area contributed by atoms with Gasteiger partial charge in [-0.05, 0) is 25.1 Å². The van der Waals surface area contributed by atoms with Crippen LogP contribution in [0.4, 0.5) is 0 Å². The van der Waals surface area contributed by atoms with Crippen LogP contribution in [-0.4, -0.2) is 18.6 Å². The normalized spacial score (nSPS) is 13.4. The lowest BCUT2D eigenvalue weighted by atomic mass is 10.2. The van der Waals surface area contributed by atoms with Crippen LogP contribution in [0.3, 0.4) is 0 Å². The van der Waals surface area contributed by atoms with Crippen molar-refractivity contribution in [2.75, 3.05) is 0 Å². The third kappa shape index (κ3) is 2.98. The summed E-state index contributed by atoms with van der Waals surface area (Å²) in [5.74, 6) is 0. The second-order valence-electron chi connectivity index (χ2n) is 3.83. The van der Waals surface area contributed by atoms with E-state index in [2.05, 4.69) is 30.8 Å².